The predicted octanol–water partition coefficient (Wildman–Crippen LogP) is 6.32. The minimum absolute atomic E-state index is 0.0444. The molecule has 1 aliphatic rings. The van der Waals surface area contributed by atoms with Crippen LogP contribution in [0.1, 0.15) is 11.1 Å². The van der Waals surface area contributed by atoms with E-state index in [-0.39, 0.29) is 11.1 Å². The van der Waals surface area contributed by atoms with Gasteiger partial charge < -0.3 is 0 Å². The summed E-state index contributed by atoms with van der Waals surface area (Å²) in [4.78, 5) is 3.78. The first-order valence-electron chi connectivity index (χ1n) is 5.48. The van der Waals surface area contributed by atoms with E-state index in [1.807, 2.05) is 0 Å². The van der Waals surface area contributed by atoms with Gasteiger partial charge >= 0.3 is 12.4 Å². The van der Waals surface area contributed by atoms with Gasteiger partial charge in [-0.05, 0) is 29.0 Å². The molecular formula is C11H5Cl2F6NS2. The van der Waals surface area contributed by atoms with Gasteiger partial charge in [0.05, 0.1) is 16.8 Å². The number of nitrogens with zero attached hydrogens (tertiary/aromatic N) is 1. The first-order chi connectivity index (χ1) is 9.98. The maximum atomic E-state index is 12.7. The second kappa shape index (κ2) is 6.33. The zero-order valence-electron chi connectivity index (χ0n) is 10.2. The molecule has 0 N–H and O–H groups in total. The maximum absolute atomic E-state index is 12.7. The molecule has 0 radical (unpaired) electrons. The molecule has 2 rings (SSSR count). The Labute approximate surface area is 138 Å². The Morgan fingerprint density at radius 2 is 1.41 bits per heavy atom. The Morgan fingerprint density at radius 3 is 1.77 bits per heavy atom. The number of benzene rings is 1. The Balaban J connectivity index is 2.50. The standard InChI is InChI=1S/C11H5Cl2F6NS2/c12-7-8(13)21-22-9(7)20-6-2-4(10(14,15)16)1-5(3-6)11(17,18)19/h1-3,7-8H. The van der Waals surface area contributed by atoms with Gasteiger partial charge in [0, 0.05) is 0 Å². The SMILES string of the molecule is FC(F)(F)c1cc(N=C2SSC(Cl)C2Cl)cc(C(F)(F)F)c1. The van der Waals surface area contributed by atoms with Crippen molar-refractivity contribution in [3.05, 3.63) is 29.3 Å². The number of hydrogen-bond acceptors (Lipinski definition) is 3. The zero-order valence-corrected chi connectivity index (χ0v) is 13.3. The van der Waals surface area contributed by atoms with Crippen molar-refractivity contribution in [2.24, 2.45) is 4.99 Å². The fourth-order valence-corrected chi connectivity index (χ4v) is 4.91. The van der Waals surface area contributed by atoms with Gasteiger partial charge in [0.1, 0.15) is 15.1 Å². The Morgan fingerprint density at radius 1 is 0.909 bits per heavy atom. The van der Waals surface area contributed by atoms with Gasteiger partial charge in [-0.25, -0.2) is 4.99 Å². The first kappa shape index (κ1) is 18.1. The summed E-state index contributed by atoms with van der Waals surface area (Å²) in [6, 6.07) is 1.13. The van der Waals surface area contributed by atoms with Crippen LogP contribution in [0.2, 0.25) is 0 Å². The molecule has 0 bridgehead atoms. The maximum Gasteiger partial charge on any atom is 0.416 e. The molecule has 0 amide bonds. The number of aliphatic imine (C=N–C) groups is 1. The van der Waals surface area contributed by atoms with Crippen LogP contribution in [0.5, 0.6) is 0 Å². The summed E-state index contributed by atoms with van der Waals surface area (Å²) in [5.41, 5.74) is -3.32. The monoisotopic (exact) mass is 399 g/mol. The molecule has 1 aromatic rings. The van der Waals surface area contributed by atoms with E-state index in [1.54, 1.807) is 0 Å². The van der Waals surface area contributed by atoms with Crippen LogP contribution >= 0.6 is 44.8 Å². The normalized spacial score (nSPS) is 25.0. The lowest BCUT2D eigenvalue weighted by Gasteiger charge is -2.13. The third-order valence-corrected chi connectivity index (χ3v) is 6.70. The van der Waals surface area contributed by atoms with E-state index in [1.165, 1.54) is 0 Å². The lowest BCUT2D eigenvalue weighted by molar-refractivity contribution is -0.143. The second-order valence-electron chi connectivity index (χ2n) is 4.15. The fraction of sp³-hybridized carbons (Fsp3) is 0.364. The lowest BCUT2D eigenvalue weighted by Crippen LogP contribution is -2.13. The fourth-order valence-electron chi connectivity index (χ4n) is 1.51. The summed E-state index contributed by atoms with van der Waals surface area (Å²) in [5, 5.41) is -0.611. The molecule has 0 saturated carbocycles. The van der Waals surface area contributed by atoms with Gasteiger partial charge in [-0.3, -0.25) is 0 Å². The van der Waals surface area contributed by atoms with Gasteiger partial charge in [0.25, 0.3) is 0 Å². The minimum Gasteiger partial charge on any atom is -0.244 e. The molecular weight excluding hydrogens is 395 g/mol. The van der Waals surface area contributed by atoms with Crippen molar-refractivity contribution >= 4 is 55.5 Å². The molecule has 1 saturated heterocycles. The molecule has 122 valence electrons. The first-order valence-corrected chi connectivity index (χ1v) is 8.56. The van der Waals surface area contributed by atoms with Crippen molar-refractivity contribution in [2.45, 2.75) is 22.4 Å². The van der Waals surface area contributed by atoms with E-state index in [0.717, 1.165) is 21.6 Å². The van der Waals surface area contributed by atoms with Crippen LogP contribution in [-0.2, 0) is 12.4 Å². The van der Waals surface area contributed by atoms with Crippen molar-refractivity contribution in [3.8, 4) is 0 Å². The minimum atomic E-state index is -4.91. The predicted molar refractivity (Wildman–Crippen MR) is 78.0 cm³/mol. The Kier molecular flexibility index (Phi) is 5.21. The molecule has 1 fully saturated rings. The zero-order chi connectivity index (χ0) is 16.7. The highest BCUT2D eigenvalue weighted by atomic mass is 35.5. The smallest absolute Gasteiger partial charge is 0.244 e. The third-order valence-electron chi connectivity index (χ3n) is 2.50. The van der Waals surface area contributed by atoms with Crippen LogP contribution in [0.25, 0.3) is 0 Å². The molecule has 11 heteroatoms. The quantitative estimate of drug-likeness (QED) is 0.311. The number of hydrogen-bond donors (Lipinski definition) is 0. The lowest BCUT2D eigenvalue weighted by atomic mass is 10.1. The molecule has 0 aromatic heterocycles. The summed E-state index contributed by atoms with van der Waals surface area (Å²) in [7, 11) is 2.15. The highest BCUT2D eigenvalue weighted by molar-refractivity contribution is 8.83. The molecule has 0 spiro atoms. The van der Waals surface area contributed by atoms with Crippen LogP contribution in [0.4, 0.5) is 32.0 Å². The van der Waals surface area contributed by atoms with E-state index < -0.39 is 39.3 Å². The van der Waals surface area contributed by atoms with Crippen molar-refractivity contribution < 1.29 is 26.3 Å². The summed E-state index contributed by atoms with van der Waals surface area (Å²) in [6.07, 6.45) is -9.83. The van der Waals surface area contributed by atoms with Crippen LogP contribution < -0.4 is 0 Å². The van der Waals surface area contributed by atoms with E-state index in [0.29, 0.717) is 12.1 Å². The molecule has 2 atom stereocenters. The third kappa shape index (κ3) is 4.18. The van der Waals surface area contributed by atoms with Gasteiger partial charge in [0.2, 0.25) is 0 Å². The van der Waals surface area contributed by atoms with Gasteiger partial charge in [0.15, 0.2) is 0 Å². The van der Waals surface area contributed by atoms with Crippen LogP contribution in [0.15, 0.2) is 23.2 Å². The highest BCUT2D eigenvalue weighted by Gasteiger charge is 2.37. The van der Waals surface area contributed by atoms with Gasteiger partial charge in [-0.2, -0.15) is 26.3 Å². The van der Waals surface area contributed by atoms with Crippen molar-refractivity contribution in [2.75, 3.05) is 0 Å². The second-order valence-corrected chi connectivity index (χ2v) is 7.71. The number of rotatable bonds is 1. The average Bonchev–Trinajstić information content (AvgIpc) is 2.68. The Hall–Kier alpha value is -0.250. The number of halogens is 8. The largest absolute Gasteiger partial charge is 0.416 e. The van der Waals surface area contributed by atoms with E-state index in [4.69, 9.17) is 23.2 Å². The van der Waals surface area contributed by atoms with Crippen molar-refractivity contribution in [1.29, 1.82) is 0 Å². The average molecular weight is 400 g/mol. The summed E-state index contributed by atoms with van der Waals surface area (Å²) < 4.78 is 75.7. The topological polar surface area (TPSA) is 12.4 Å². The van der Waals surface area contributed by atoms with Crippen LogP contribution in [-0.4, -0.2) is 15.1 Å². The molecule has 1 aromatic carbocycles. The van der Waals surface area contributed by atoms with Crippen LogP contribution in [0.3, 0.4) is 0 Å². The number of alkyl halides is 8. The van der Waals surface area contributed by atoms with E-state index in [2.05, 4.69) is 4.99 Å². The summed E-state index contributed by atoms with van der Waals surface area (Å²) >= 11 is 11.7. The molecule has 1 aliphatic heterocycles. The van der Waals surface area contributed by atoms with E-state index >= 15 is 0 Å². The van der Waals surface area contributed by atoms with Crippen LogP contribution in [0, 0.1) is 0 Å². The molecule has 2 unspecified atom stereocenters. The van der Waals surface area contributed by atoms with Crippen molar-refractivity contribution in [1.82, 2.24) is 0 Å². The molecule has 1 heterocycles. The van der Waals surface area contributed by atoms with Gasteiger partial charge in [-0.1, -0.05) is 10.8 Å². The van der Waals surface area contributed by atoms with E-state index in [9.17, 15) is 26.3 Å². The van der Waals surface area contributed by atoms with Gasteiger partial charge in [-0.15, -0.1) is 23.2 Å². The summed E-state index contributed by atoms with van der Waals surface area (Å²) in [5.74, 6) is 0. The molecule has 0 aliphatic carbocycles. The van der Waals surface area contributed by atoms with Crippen molar-refractivity contribution in [3.63, 3.8) is 0 Å². The molecule has 1 nitrogen and oxygen atoms in total. The summed E-state index contributed by atoms with van der Waals surface area (Å²) in [6.45, 7) is 0. The highest BCUT2D eigenvalue weighted by Crippen LogP contribution is 2.46. The Bertz CT molecular complexity index is 569. The molecule has 22 heavy (non-hydrogen) atoms.